The van der Waals surface area contributed by atoms with Gasteiger partial charge in [-0.25, -0.2) is 0 Å². The standard InChI is InChI=1S/C18H21ClN2O/c1-14-12-20(13-15-5-3-2-4-6-15)9-10-21(14)18-8-7-16(22)11-17(18)19/h2-8,11,14,22H,9-10,12-13H2,1H3/t14-/m1/s1. The topological polar surface area (TPSA) is 26.7 Å². The van der Waals surface area contributed by atoms with E-state index in [1.54, 1.807) is 12.1 Å². The molecule has 1 N–H and O–H groups in total. The van der Waals surface area contributed by atoms with Gasteiger partial charge in [-0.15, -0.1) is 0 Å². The maximum atomic E-state index is 9.50. The molecule has 0 unspecified atom stereocenters. The van der Waals surface area contributed by atoms with Gasteiger partial charge in [0.2, 0.25) is 0 Å². The molecule has 4 heteroatoms. The van der Waals surface area contributed by atoms with Gasteiger partial charge in [-0.1, -0.05) is 41.9 Å². The molecule has 3 nitrogen and oxygen atoms in total. The molecule has 2 aromatic rings. The zero-order valence-corrected chi connectivity index (χ0v) is 13.5. The van der Waals surface area contributed by atoms with Gasteiger partial charge in [-0.3, -0.25) is 4.90 Å². The van der Waals surface area contributed by atoms with E-state index >= 15 is 0 Å². The Bertz CT molecular complexity index is 632. The van der Waals surface area contributed by atoms with Gasteiger partial charge in [0.15, 0.2) is 0 Å². The molecule has 1 atom stereocenters. The molecule has 0 aromatic heterocycles. The molecular weight excluding hydrogens is 296 g/mol. The molecule has 1 aliphatic heterocycles. The SMILES string of the molecule is C[C@@H]1CN(Cc2ccccc2)CCN1c1ccc(O)cc1Cl. The number of benzene rings is 2. The van der Waals surface area contributed by atoms with Crippen LogP contribution < -0.4 is 4.90 Å². The van der Waals surface area contributed by atoms with Crippen LogP contribution in [0.15, 0.2) is 48.5 Å². The second kappa shape index (κ2) is 6.59. The van der Waals surface area contributed by atoms with Crippen LogP contribution in [-0.2, 0) is 6.54 Å². The highest BCUT2D eigenvalue weighted by Gasteiger charge is 2.25. The van der Waals surface area contributed by atoms with Crippen molar-refractivity contribution in [1.29, 1.82) is 0 Å². The summed E-state index contributed by atoms with van der Waals surface area (Å²) < 4.78 is 0. The van der Waals surface area contributed by atoms with Gasteiger partial charge in [-0.05, 0) is 24.6 Å². The maximum absolute atomic E-state index is 9.50. The number of hydrogen-bond donors (Lipinski definition) is 1. The summed E-state index contributed by atoms with van der Waals surface area (Å²) in [6.07, 6.45) is 0. The van der Waals surface area contributed by atoms with Gasteiger partial charge >= 0.3 is 0 Å². The lowest BCUT2D eigenvalue weighted by atomic mass is 10.1. The van der Waals surface area contributed by atoms with Gasteiger partial charge < -0.3 is 10.0 Å². The lowest BCUT2D eigenvalue weighted by Crippen LogP contribution is -2.51. The summed E-state index contributed by atoms with van der Waals surface area (Å²) in [4.78, 5) is 4.80. The van der Waals surface area contributed by atoms with Crippen LogP contribution in [0, 0.1) is 0 Å². The van der Waals surface area contributed by atoms with E-state index in [2.05, 4.69) is 47.1 Å². The molecule has 2 aromatic carbocycles. The molecular formula is C18H21ClN2O. The number of rotatable bonds is 3. The Balaban J connectivity index is 1.67. The Labute approximate surface area is 136 Å². The lowest BCUT2D eigenvalue weighted by molar-refractivity contribution is 0.221. The summed E-state index contributed by atoms with van der Waals surface area (Å²) in [5, 5.41) is 10.1. The molecule has 0 saturated carbocycles. The molecule has 1 fully saturated rings. The second-order valence-corrected chi connectivity index (χ2v) is 6.31. The van der Waals surface area contributed by atoms with Crippen molar-refractivity contribution in [2.75, 3.05) is 24.5 Å². The van der Waals surface area contributed by atoms with E-state index in [0.29, 0.717) is 11.1 Å². The summed E-state index contributed by atoms with van der Waals surface area (Å²) in [6.45, 7) is 6.17. The summed E-state index contributed by atoms with van der Waals surface area (Å²) >= 11 is 6.28. The minimum absolute atomic E-state index is 0.212. The average Bonchev–Trinajstić information content (AvgIpc) is 2.49. The highest BCUT2D eigenvalue weighted by molar-refractivity contribution is 6.33. The Morgan fingerprint density at radius 1 is 1.14 bits per heavy atom. The first kappa shape index (κ1) is 15.2. The van der Waals surface area contributed by atoms with Crippen molar-refractivity contribution in [2.24, 2.45) is 0 Å². The number of aromatic hydroxyl groups is 1. The molecule has 1 saturated heterocycles. The van der Waals surface area contributed by atoms with Crippen LogP contribution >= 0.6 is 11.6 Å². The Kier molecular flexibility index (Phi) is 4.55. The fraction of sp³-hybridized carbons (Fsp3) is 0.333. The van der Waals surface area contributed by atoms with Crippen LogP contribution in [0.4, 0.5) is 5.69 Å². The third-order valence-corrected chi connectivity index (χ3v) is 4.50. The number of hydrogen-bond acceptors (Lipinski definition) is 3. The van der Waals surface area contributed by atoms with Gasteiger partial charge in [0, 0.05) is 38.3 Å². The predicted molar refractivity (Wildman–Crippen MR) is 91.6 cm³/mol. The van der Waals surface area contributed by atoms with Crippen LogP contribution in [0.1, 0.15) is 12.5 Å². The van der Waals surface area contributed by atoms with Crippen molar-refractivity contribution in [3.8, 4) is 5.75 Å². The van der Waals surface area contributed by atoms with Crippen LogP contribution in [0.5, 0.6) is 5.75 Å². The maximum Gasteiger partial charge on any atom is 0.117 e. The first-order valence-electron chi connectivity index (χ1n) is 7.65. The van der Waals surface area contributed by atoms with E-state index in [1.807, 2.05) is 6.07 Å². The van der Waals surface area contributed by atoms with E-state index in [0.717, 1.165) is 31.9 Å². The minimum Gasteiger partial charge on any atom is -0.508 e. The van der Waals surface area contributed by atoms with Crippen molar-refractivity contribution >= 4 is 17.3 Å². The van der Waals surface area contributed by atoms with Gasteiger partial charge in [0.05, 0.1) is 10.7 Å². The summed E-state index contributed by atoms with van der Waals surface area (Å²) in [6, 6.07) is 16.2. The zero-order chi connectivity index (χ0) is 15.5. The average molecular weight is 317 g/mol. The highest BCUT2D eigenvalue weighted by Crippen LogP contribution is 2.31. The second-order valence-electron chi connectivity index (χ2n) is 5.90. The first-order valence-corrected chi connectivity index (χ1v) is 8.03. The largest absolute Gasteiger partial charge is 0.508 e. The van der Waals surface area contributed by atoms with Gasteiger partial charge in [0.1, 0.15) is 5.75 Å². The van der Waals surface area contributed by atoms with Crippen LogP contribution in [0.3, 0.4) is 0 Å². The summed E-state index contributed by atoms with van der Waals surface area (Å²) in [5.74, 6) is 0.212. The van der Waals surface area contributed by atoms with Crippen LogP contribution in [-0.4, -0.2) is 35.7 Å². The Morgan fingerprint density at radius 3 is 2.59 bits per heavy atom. The van der Waals surface area contributed by atoms with E-state index in [1.165, 1.54) is 5.56 Å². The van der Waals surface area contributed by atoms with Crippen molar-refractivity contribution in [1.82, 2.24) is 4.90 Å². The van der Waals surface area contributed by atoms with Crippen molar-refractivity contribution < 1.29 is 5.11 Å². The lowest BCUT2D eigenvalue weighted by Gasteiger charge is -2.41. The van der Waals surface area contributed by atoms with Crippen LogP contribution in [0.25, 0.3) is 0 Å². The molecule has 0 radical (unpaired) electrons. The van der Waals surface area contributed by atoms with Crippen molar-refractivity contribution in [3.63, 3.8) is 0 Å². The number of nitrogens with zero attached hydrogens (tertiary/aromatic N) is 2. The molecule has 0 aliphatic carbocycles. The zero-order valence-electron chi connectivity index (χ0n) is 12.7. The molecule has 1 heterocycles. The Hall–Kier alpha value is -1.71. The quantitative estimate of drug-likeness (QED) is 0.934. The molecule has 22 heavy (non-hydrogen) atoms. The Morgan fingerprint density at radius 2 is 1.91 bits per heavy atom. The van der Waals surface area contributed by atoms with Gasteiger partial charge in [0.25, 0.3) is 0 Å². The first-order chi connectivity index (χ1) is 10.6. The van der Waals surface area contributed by atoms with Gasteiger partial charge in [-0.2, -0.15) is 0 Å². The fourth-order valence-corrected chi connectivity index (χ4v) is 3.39. The molecule has 3 rings (SSSR count). The monoisotopic (exact) mass is 316 g/mol. The highest BCUT2D eigenvalue weighted by atomic mass is 35.5. The normalized spacial score (nSPS) is 19.4. The molecule has 0 bridgehead atoms. The number of anilines is 1. The summed E-state index contributed by atoms with van der Waals surface area (Å²) in [7, 11) is 0. The minimum atomic E-state index is 0.212. The number of phenols is 1. The molecule has 1 aliphatic rings. The number of piperazine rings is 1. The predicted octanol–water partition coefficient (Wildman–Crippen LogP) is 3.76. The van der Waals surface area contributed by atoms with E-state index in [9.17, 15) is 5.11 Å². The van der Waals surface area contributed by atoms with E-state index < -0.39 is 0 Å². The molecule has 116 valence electrons. The summed E-state index contributed by atoms with van der Waals surface area (Å²) in [5.41, 5.74) is 2.36. The fourth-order valence-electron chi connectivity index (χ4n) is 3.10. The third kappa shape index (κ3) is 3.37. The van der Waals surface area contributed by atoms with Crippen molar-refractivity contribution in [2.45, 2.75) is 19.5 Å². The van der Waals surface area contributed by atoms with E-state index in [4.69, 9.17) is 11.6 Å². The van der Waals surface area contributed by atoms with Crippen LogP contribution in [0.2, 0.25) is 5.02 Å². The number of halogens is 1. The van der Waals surface area contributed by atoms with E-state index in [-0.39, 0.29) is 5.75 Å². The molecule has 0 spiro atoms. The van der Waals surface area contributed by atoms with Crippen molar-refractivity contribution in [3.05, 3.63) is 59.1 Å². The molecule has 0 amide bonds. The smallest absolute Gasteiger partial charge is 0.117 e. The number of phenolic OH excluding ortho intramolecular Hbond substituents is 1. The third-order valence-electron chi connectivity index (χ3n) is 4.20.